The molecule has 0 N–H and O–H groups in total. The predicted molar refractivity (Wildman–Crippen MR) is 73.8 cm³/mol. The third-order valence-corrected chi connectivity index (χ3v) is 3.46. The Labute approximate surface area is 110 Å². The Bertz CT molecular complexity index is 614. The summed E-state index contributed by atoms with van der Waals surface area (Å²) in [7, 11) is 0. The van der Waals surface area contributed by atoms with Crippen molar-refractivity contribution in [3.8, 4) is 17.2 Å². The zero-order chi connectivity index (χ0) is 13.0. The molecular formula is C15H11NOS. The smallest absolute Gasteiger partial charge is 0.151 e. The molecule has 88 valence electrons. The zero-order valence-electron chi connectivity index (χ0n) is 9.88. The van der Waals surface area contributed by atoms with Gasteiger partial charge in [-0.3, -0.25) is 4.79 Å². The monoisotopic (exact) mass is 253 g/mol. The number of carbonyl (C=O) groups excluding carboxylic acids is 1. The second-order valence-electron chi connectivity index (χ2n) is 3.74. The van der Waals surface area contributed by atoms with Crippen LogP contribution in [0, 0.1) is 11.3 Å². The van der Waals surface area contributed by atoms with Crippen LogP contribution in [0.5, 0.6) is 0 Å². The first-order valence-corrected chi connectivity index (χ1v) is 6.65. The quantitative estimate of drug-likeness (QED) is 0.617. The summed E-state index contributed by atoms with van der Waals surface area (Å²) in [4.78, 5) is 11.9. The van der Waals surface area contributed by atoms with Gasteiger partial charge in [0.25, 0.3) is 0 Å². The third-order valence-electron chi connectivity index (χ3n) is 2.70. The van der Waals surface area contributed by atoms with Crippen LogP contribution >= 0.6 is 11.8 Å². The van der Waals surface area contributed by atoms with E-state index in [1.165, 1.54) is 11.8 Å². The predicted octanol–water partition coefficient (Wildman–Crippen LogP) is 3.76. The number of hydrogen-bond donors (Lipinski definition) is 0. The fraction of sp³-hybridized carbons (Fsp3) is 0.0667. The standard InChI is InChI=1S/C15H11NOS/c1-18-15-8-12(11-5-3-2-4-6-11)7-13(10-17)14(15)9-16/h2-8,10H,1H3. The van der Waals surface area contributed by atoms with Gasteiger partial charge in [-0.15, -0.1) is 11.8 Å². The summed E-state index contributed by atoms with van der Waals surface area (Å²) >= 11 is 1.48. The van der Waals surface area contributed by atoms with Gasteiger partial charge in [0.15, 0.2) is 6.29 Å². The molecule has 0 spiro atoms. The summed E-state index contributed by atoms with van der Waals surface area (Å²) in [5.41, 5.74) is 2.90. The largest absolute Gasteiger partial charge is 0.298 e. The van der Waals surface area contributed by atoms with Crippen LogP contribution < -0.4 is 0 Å². The van der Waals surface area contributed by atoms with E-state index >= 15 is 0 Å². The van der Waals surface area contributed by atoms with Crippen molar-refractivity contribution in [2.24, 2.45) is 0 Å². The molecule has 0 heterocycles. The van der Waals surface area contributed by atoms with Gasteiger partial charge in [-0.05, 0) is 29.5 Å². The molecular weight excluding hydrogens is 242 g/mol. The highest BCUT2D eigenvalue weighted by Crippen LogP contribution is 2.29. The molecule has 0 aromatic heterocycles. The molecule has 2 aromatic carbocycles. The van der Waals surface area contributed by atoms with E-state index in [4.69, 9.17) is 5.26 Å². The topological polar surface area (TPSA) is 40.9 Å². The number of rotatable bonds is 3. The molecule has 2 nitrogen and oxygen atoms in total. The fourth-order valence-electron chi connectivity index (χ4n) is 1.81. The van der Waals surface area contributed by atoms with Crippen molar-refractivity contribution in [2.45, 2.75) is 4.90 Å². The minimum atomic E-state index is 0.447. The Hall–Kier alpha value is -2.05. The van der Waals surface area contributed by atoms with Gasteiger partial charge in [0.1, 0.15) is 6.07 Å². The van der Waals surface area contributed by atoms with E-state index in [0.717, 1.165) is 22.3 Å². The van der Waals surface area contributed by atoms with E-state index in [1.807, 2.05) is 42.7 Å². The molecule has 0 radical (unpaired) electrons. The highest BCUT2D eigenvalue weighted by molar-refractivity contribution is 7.98. The van der Waals surface area contributed by atoms with Crippen molar-refractivity contribution in [1.29, 1.82) is 5.26 Å². The highest BCUT2D eigenvalue weighted by atomic mass is 32.2. The van der Waals surface area contributed by atoms with E-state index in [1.54, 1.807) is 6.07 Å². The minimum absolute atomic E-state index is 0.447. The SMILES string of the molecule is CSc1cc(-c2ccccc2)cc(C=O)c1C#N. The Morgan fingerprint density at radius 1 is 1.17 bits per heavy atom. The van der Waals surface area contributed by atoms with Gasteiger partial charge in [-0.1, -0.05) is 30.3 Å². The molecule has 0 fully saturated rings. The number of carbonyl (C=O) groups is 1. The fourth-order valence-corrected chi connectivity index (χ4v) is 2.42. The van der Waals surface area contributed by atoms with Crippen LogP contribution in [0.25, 0.3) is 11.1 Å². The summed E-state index contributed by atoms with van der Waals surface area (Å²) < 4.78 is 0. The molecule has 0 unspecified atom stereocenters. The number of thioether (sulfide) groups is 1. The lowest BCUT2D eigenvalue weighted by molar-refractivity contribution is 0.112. The number of nitriles is 1. The molecule has 0 aliphatic heterocycles. The molecule has 18 heavy (non-hydrogen) atoms. The molecule has 2 aromatic rings. The Balaban J connectivity index is 2.65. The second-order valence-corrected chi connectivity index (χ2v) is 4.59. The van der Waals surface area contributed by atoms with Gasteiger partial charge < -0.3 is 0 Å². The Morgan fingerprint density at radius 2 is 1.89 bits per heavy atom. The van der Waals surface area contributed by atoms with Gasteiger partial charge in [0, 0.05) is 10.5 Å². The summed E-state index contributed by atoms with van der Waals surface area (Å²) in [6.07, 6.45) is 2.64. The lowest BCUT2D eigenvalue weighted by Crippen LogP contribution is -1.92. The molecule has 2 rings (SSSR count). The molecule has 0 saturated heterocycles. The Kier molecular flexibility index (Phi) is 3.81. The maximum atomic E-state index is 11.1. The van der Waals surface area contributed by atoms with Crippen LogP contribution in [0.15, 0.2) is 47.4 Å². The van der Waals surface area contributed by atoms with Crippen molar-refractivity contribution in [3.05, 3.63) is 53.6 Å². The van der Waals surface area contributed by atoms with Crippen molar-refractivity contribution in [1.82, 2.24) is 0 Å². The van der Waals surface area contributed by atoms with Gasteiger partial charge in [0.2, 0.25) is 0 Å². The van der Waals surface area contributed by atoms with Crippen molar-refractivity contribution in [2.75, 3.05) is 6.26 Å². The van der Waals surface area contributed by atoms with Gasteiger partial charge in [0.05, 0.1) is 5.56 Å². The first-order chi connectivity index (χ1) is 8.80. The summed E-state index contributed by atoms with van der Waals surface area (Å²) in [6, 6.07) is 15.6. The lowest BCUT2D eigenvalue weighted by Gasteiger charge is -2.08. The van der Waals surface area contributed by atoms with Crippen molar-refractivity contribution in [3.63, 3.8) is 0 Å². The van der Waals surface area contributed by atoms with E-state index in [-0.39, 0.29) is 0 Å². The van der Waals surface area contributed by atoms with Gasteiger partial charge in [-0.2, -0.15) is 5.26 Å². The Morgan fingerprint density at radius 3 is 2.44 bits per heavy atom. The molecule has 0 saturated carbocycles. The van der Waals surface area contributed by atoms with E-state index in [9.17, 15) is 4.79 Å². The number of benzene rings is 2. The molecule has 0 amide bonds. The van der Waals surface area contributed by atoms with E-state index in [0.29, 0.717) is 11.1 Å². The first-order valence-electron chi connectivity index (χ1n) is 5.43. The van der Waals surface area contributed by atoms with Crippen LogP contribution in [0.3, 0.4) is 0 Å². The summed E-state index contributed by atoms with van der Waals surface area (Å²) in [6.45, 7) is 0. The number of nitrogens with zero attached hydrogens (tertiary/aromatic N) is 1. The number of aldehydes is 1. The van der Waals surface area contributed by atoms with Crippen LogP contribution in [-0.2, 0) is 0 Å². The zero-order valence-corrected chi connectivity index (χ0v) is 10.7. The maximum absolute atomic E-state index is 11.1. The summed E-state index contributed by atoms with van der Waals surface area (Å²) in [5.74, 6) is 0. The molecule has 0 aliphatic carbocycles. The highest BCUT2D eigenvalue weighted by Gasteiger charge is 2.10. The minimum Gasteiger partial charge on any atom is -0.298 e. The molecule has 3 heteroatoms. The van der Waals surface area contributed by atoms with Gasteiger partial charge >= 0.3 is 0 Å². The van der Waals surface area contributed by atoms with E-state index in [2.05, 4.69) is 6.07 Å². The van der Waals surface area contributed by atoms with Crippen molar-refractivity contribution >= 4 is 18.0 Å². The molecule has 0 bridgehead atoms. The average molecular weight is 253 g/mol. The second kappa shape index (κ2) is 5.52. The number of hydrogen-bond acceptors (Lipinski definition) is 3. The molecule has 0 atom stereocenters. The van der Waals surface area contributed by atoms with Gasteiger partial charge in [-0.25, -0.2) is 0 Å². The van der Waals surface area contributed by atoms with E-state index < -0.39 is 0 Å². The van der Waals surface area contributed by atoms with Crippen LogP contribution in [0.2, 0.25) is 0 Å². The van der Waals surface area contributed by atoms with Crippen molar-refractivity contribution < 1.29 is 4.79 Å². The van der Waals surface area contributed by atoms with Crippen LogP contribution in [0.4, 0.5) is 0 Å². The summed E-state index contributed by atoms with van der Waals surface area (Å²) in [5, 5.41) is 9.10. The maximum Gasteiger partial charge on any atom is 0.151 e. The van der Waals surface area contributed by atoms with Crippen LogP contribution in [-0.4, -0.2) is 12.5 Å². The third kappa shape index (κ3) is 2.29. The lowest BCUT2D eigenvalue weighted by atomic mass is 10.00. The van der Waals surface area contributed by atoms with Crippen LogP contribution in [0.1, 0.15) is 15.9 Å². The first kappa shape index (κ1) is 12.4. The normalized spacial score (nSPS) is 9.78. The molecule has 0 aliphatic rings. The average Bonchev–Trinajstić information content (AvgIpc) is 2.46.